The predicted molar refractivity (Wildman–Crippen MR) is 89.3 cm³/mol. The second kappa shape index (κ2) is 9.00. The SMILES string of the molecule is CCCOc1c(Cl)cc(/C=N/NC(=S)NCC)cc1Cl. The summed E-state index contributed by atoms with van der Waals surface area (Å²) in [5, 5.41) is 8.30. The molecule has 0 aliphatic heterocycles. The Hall–Kier alpha value is -1.04. The Kier molecular flexibility index (Phi) is 7.65. The summed E-state index contributed by atoms with van der Waals surface area (Å²) < 4.78 is 5.49. The Bertz CT molecular complexity index is 471. The molecule has 2 N–H and O–H groups in total. The Labute approximate surface area is 134 Å². The average Bonchev–Trinajstić information content (AvgIpc) is 2.38. The Balaban J connectivity index is 2.73. The van der Waals surface area contributed by atoms with Crippen LogP contribution < -0.4 is 15.5 Å². The largest absolute Gasteiger partial charge is 0.490 e. The number of nitrogens with one attached hydrogen (secondary N) is 2. The maximum Gasteiger partial charge on any atom is 0.186 e. The highest BCUT2D eigenvalue weighted by atomic mass is 35.5. The van der Waals surface area contributed by atoms with Crippen LogP contribution in [0.25, 0.3) is 0 Å². The first-order valence-corrected chi connectivity index (χ1v) is 7.43. The van der Waals surface area contributed by atoms with Crippen LogP contribution in [-0.2, 0) is 0 Å². The van der Waals surface area contributed by atoms with Gasteiger partial charge in [0.05, 0.1) is 22.9 Å². The van der Waals surface area contributed by atoms with Crippen LogP contribution in [0, 0.1) is 0 Å². The molecule has 0 atom stereocenters. The van der Waals surface area contributed by atoms with Gasteiger partial charge in [-0.3, -0.25) is 5.43 Å². The summed E-state index contributed by atoms with van der Waals surface area (Å²) >= 11 is 17.2. The molecule has 0 bridgehead atoms. The Morgan fingerprint density at radius 2 is 2.00 bits per heavy atom. The van der Waals surface area contributed by atoms with Gasteiger partial charge in [-0.05, 0) is 43.3 Å². The first-order chi connectivity index (χ1) is 9.58. The van der Waals surface area contributed by atoms with E-state index in [1.807, 2.05) is 13.8 Å². The van der Waals surface area contributed by atoms with Crippen LogP contribution in [-0.4, -0.2) is 24.5 Å². The molecule has 0 heterocycles. The molecule has 1 rings (SSSR count). The number of hydrogen-bond donors (Lipinski definition) is 2. The van der Waals surface area contributed by atoms with E-state index in [1.54, 1.807) is 18.3 Å². The first-order valence-electron chi connectivity index (χ1n) is 6.27. The molecule has 7 heteroatoms. The fourth-order valence-electron chi connectivity index (χ4n) is 1.36. The van der Waals surface area contributed by atoms with Crippen molar-refractivity contribution in [2.45, 2.75) is 20.3 Å². The van der Waals surface area contributed by atoms with E-state index < -0.39 is 0 Å². The molecule has 0 aromatic heterocycles. The molecule has 0 saturated carbocycles. The molecular weight excluding hydrogens is 317 g/mol. The topological polar surface area (TPSA) is 45.6 Å². The molecule has 0 fully saturated rings. The van der Waals surface area contributed by atoms with Crippen molar-refractivity contribution in [2.24, 2.45) is 5.10 Å². The van der Waals surface area contributed by atoms with E-state index in [9.17, 15) is 0 Å². The van der Waals surface area contributed by atoms with Crippen molar-refractivity contribution in [1.29, 1.82) is 0 Å². The van der Waals surface area contributed by atoms with E-state index in [-0.39, 0.29) is 0 Å². The van der Waals surface area contributed by atoms with Crippen molar-refractivity contribution in [3.05, 3.63) is 27.7 Å². The highest BCUT2D eigenvalue weighted by Crippen LogP contribution is 2.33. The lowest BCUT2D eigenvalue weighted by molar-refractivity contribution is 0.318. The summed E-state index contributed by atoms with van der Waals surface area (Å²) in [4.78, 5) is 0. The van der Waals surface area contributed by atoms with Crippen molar-refractivity contribution in [3.63, 3.8) is 0 Å². The van der Waals surface area contributed by atoms with Gasteiger partial charge in [0.2, 0.25) is 0 Å². The molecule has 1 aromatic carbocycles. The van der Waals surface area contributed by atoms with Crippen LogP contribution in [0.4, 0.5) is 0 Å². The van der Waals surface area contributed by atoms with Gasteiger partial charge < -0.3 is 10.1 Å². The highest BCUT2D eigenvalue weighted by Gasteiger charge is 2.08. The third-order valence-electron chi connectivity index (χ3n) is 2.19. The molecule has 0 amide bonds. The molecular formula is C13H17Cl2N3OS. The number of ether oxygens (including phenoxy) is 1. The minimum absolute atomic E-state index is 0.460. The van der Waals surface area contributed by atoms with Crippen LogP contribution in [0.2, 0.25) is 10.0 Å². The summed E-state index contributed by atoms with van der Waals surface area (Å²) in [5.74, 6) is 0.503. The van der Waals surface area contributed by atoms with Crippen molar-refractivity contribution >= 4 is 46.7 Å². The summed E-state index contributed by atoms with van der Waals surface area (Å²) in [6.45, 7) is 5.28. The normalized spacial score (nSPS) is 10.6. The molecule has 0 radical (unpaired) electrons. The van der Waals surface area contributed by atoms with E-state index in [1.165, 1.54) is 0 Å². The minimum atomic E-state index is 0.460. The quantitative estimate of drug-likeness (QED) is 0.474. The van der Waals surface area contributed by atoms with E-state index >= 15 is 0 Å². The van der Waals surface area contributed by atoms with Crippen molar-refractivity contribution in [1.82, 2.24) is 10.7 Å². The summed E-state index contributed by atoms with van der Waals surface area (Å²) in [6.07, 6.45) is 2.48. The second-order valence-electron chi connectivity index (χ2n) is 3.89. The monoisotopic (exact) mass is 333 g/mol. The molecule has 20 heavy (non-hydrogen) atoms. The van der Waals surface area contributed by atoms with Gasteiger partial charge in [0.15, 0.2) is 10.9 Å². The van der Waals surface area contributed by atoms with E-state index in [0.29, 0.717) is 27.5 Å². The minimum Gasteiger partial charge on any atom is -0.490 e. The van der Waals surface area contributed by atoms with Crippen molar-refractivity contribution < 1.29 is 4.74 Å². The van der Waals surface area contributed by atoms with Crippen LogP contribution in [0.5, 0.6) is 5.75 Å². The lowest BCUT2D eigenvalue weighted by Gasteiger charge is -2.09. The van der Waals surface area contributed by atoms with Crippen LogP contribution >= 0.6 is 35.4 Å². The summed E-state index contributed by atoms with van der Waals surface area (Å²) in [6, 6.07) is 3.47. The van der Waals surface area contributed by atoms with Gasteiger partial charge in [0, 0.05) is 6.54 Å². The van der Waals surface area contributed by atoms with Crippen LogP contribution in [0.15, 0.2) is 17.2 Å². The van der Waals surface area contributed by atoms with Crippen LogP contribution in [0.1, 0.15) is 25.8 Å². The van der Waals surface area contributed by atoms with Gasteiger partial charge in [-0.1, -0.05) is 30.1 Å². The standard InChI is InChI=1S/C13H17Cl2N3OS/c1-3-5-19-12-10(14)6-9(7-11(12)15)8-17-18-13(20)16-4-2/h6-8H,3-5H2,1-2H3,(H2,16,18,20)/b17-8+. The third kappa shape index (κ3) is 5.53. The zero-order valence-electron chi connectivity index (χ0n) is 11.4. The second-order valence-corrected chi connectivity index (χ2v) is 5.11. The van der Waals surface area contributed by atoms with Gasteiger partial charge in [0.1, 0.15) is 0 Å². The first kappa shape index (κ1) is 17.0. The number of hydrogen-bond acceptors (Lipinski definition) is 3. The number of rotatable bonds is 6. The van der Waals surface area contributed by atoms with Gasteiger partial charge in [0.25, 0.3) is 0 Å². The number of hydrazone groups is 1. The molecule has 0 spiro atoms. The molecule has 0 unspecified atom stereocenters. The smallest absolute Gasteiger partial charge is 0.186 e. The molecule has 0 aliphatic carbocycles. The molecule has 1 aromatic rings. The lowest BCUT2D eigenvalue weighted by atomic mass is 10.2. The molecule has 4 nitrogen and oxygen atoms in total. The predicted octanol–water partition coefficient (Wildman–Crippen LogP) is 3.60. The number of nitrogens with zero attached hydrogens (tertiary/aromatic N) is 1. The van der Waals surface area contributed by atoms with Crippen molar-refractivity contribution in [3.8, 4) is 5.75 Å². The molecule has 110 valence electrons. The highest BCUT2D eigenvalue weighted by molar-refractivity contribution is 7.80. The average molecular weight is 334 g/mol. The molecule has 0 saturated heterocycles. The third-order valence-corrected chi connectivity index (χ3v) is 2.99. The van der Waals surface area contributed by atoms with Gasteiger partial charge in [-0.2, -0.15) is 5.10 Å². The molecule has 0 aliphatic rings. The lowest BCUT2D eigenvalue weighted by Crippen LogP contribution is -2.31. The Morgan fingerprint density at radius 1 is 1.35 bits per heavy atom. The van der Waals surface area contributed by atoms with Gasteiger partial charge in [-0.15, -0.1) is 0 Å². The van der Waals surface area contributed by atoms with E-state index in [0.717, 1.165) is 18.5 Å². The van der Waals surface area contributed by atoms with E-state index in [2.05, 4.69) is 15.8 Å². The van der Waals surface area contributed by atoms with Gasteiger partial charge >= 0.3 is 0 Å². The van der Waals surface area contributed by atoms with Crippen molar-refractivity contribution in [2.75, 3.05) is 13.2 Å². The zero-order valence-corrected chi connectivity index (χ0v) is 13.7. The Morgan fingerprint density at radius 3 is 2.55 bits per heavy atom. The zero-order chi connectivity index (χ0) is 15.0. The summed E-state index contributed by atoms with van der Waals surface area (Å²) in [7, 11) is 0. The van der Waals surface area contributed by atoms with E-state index in [4.69, 9.17) is 40.2 Å². The maximum atomic E-state index is 6.13. The fraction of sp³-hybridized carbons (Fsp3) is 0.385. The number of benzene rings is 1. The number of thiocarbonyl (C=S) groups is 1. The van der Waals surface area contributed by atoms with Crippen LogP contribution in [0.3, 0.4) is 0 Å². The number of halogens is 2. The van der Waals surface area contributed by atoms with Gasteiger partial charge in [-0.25, -0.2) is 0 Å². The maximum absolute atomic E-state index is 6.13. The fourth-order valence-corrected chi connectivity index (χ4v) is 2.17. The summed E-state index contributed by atoms with van der Waals surface area (Å²) in [5.41, 5.74) is 3.45.